The van der Waals surface area contributed by atoms with E-state index in [1.807, 2.05) is 6.92 Å². The molecule has 10 heteroatoms. The predicted octanol–water partition coefficient (Wildman–Crippen LogP) is 2.98. The summed E-state index contributed by atoms with van der Waals surface area (Å²) in [4.78, 5) is 18.0. The lowest BCUT2D eigenvalue weighted by molar-refractivity contribution is -0.137. The maximum Gasteiger partial charge on any atom is 0.416 e. The number of likely N-dealkylation sites (tertiary alicyclic amines) is 1. The van der Waals surface area contributed by atoms with Crippen LogP contribution in [0.2, 0.25) is 0 Å². The quantitative estimate of drug-likeness (QED) is 0.269. The van der Waals surface area contributed by atoms with Gasteiger partial charge in [0, 0.05) is 52.2 Å². The Kier molecular flexibility index (Phi) is 11.5. The van der Waals surface area contributed by atoms with Crippen LogP contribution < -0.4 is 16.0 Å². The van der Waals surface area contributed by atoms with Crippen molar-refractivity contribution in [3.05, 3.63) is 35.4 Å². The van der Waals surface area contributed by atoms with Gasteiger partial charge in [-0.2, -0.15) is 13.2 Å². The molecule has 0 spiro atoms. The average Bonchev–Trinajstić information content (AvgIpc) is 3.12. The highest BCUT2D eigenvalue weighted by Crippen LogP contribution is 2.29. The van der Waals surface area contributed by atoms with Crippen LogP contribution in [0.25, 0.3) is 0 Å². The molecule has 3 N–H and O–H groups in total. The molecular formula is C20H31F3IN5O. The number of aliphatic imine (C=N–C) groups is 1. The van der Waals surface area contributed by atoms with Crippen molar-refractivity contribution in [3.63, 3.8) is 0 Å². The van der Waals surface area contributed by atoms with E-state index in [9.17, 15) is 18.0 Å². The Morgan fingerprint density at radius 2 is 1.90 bits per heavy atom. The van der Waals surface area contributed by atoms with Crippen LogP contribution in [0.4, 0.5) is 13.2 Å². The number of carbonyl (C=O) groups excluding carboxylic acids is 1. The lowest BCUT2D eigenvalue weighted by atomic mass is 10.1. The number of carbonyl (C=O) groups is 1. The monoisotopic (exact) mass is 541 g/mol. The zero-order valence-corrected chi connectivity index (χ0v) is 19.7. The minimum atomic E-state index is -4.30. The highest BCUT2D eigenvalue weighted by molar-refractivity contribution is 14.0. The smallest absolute Gasteiger partial charge is 0.356 e. The third-order valence-corrected chi connectivity index (χ3v) is 4.74. The van der Waals surface area contributed by atoms with E-state index < -0.39 is 11.7 Å². The number of hydrogen-bond acceptors (Lipinski definition) is 3. The second-order valence-corrected chi connectivity index (χ2v) is 7.16. The fourth-order valence-electron chi connectivity index (χ4n) is 3.19. The summed E-state index contributed by atoms with van der Waals surface area (Å²) in [6.07, 6.45) is -2.10. The Balaban J connectivity index is 0.00000450. The minimum Gasteiger partial charge on any atom is -0.356 e. The molecule has 1 fully saturated rings. The molecular weight excluding hydrogens is 510 g/mol. The van der Waals surface area contributed by atoms with Crippen LogP contribution in [0.15, 0.2) is 29.3 Å². The molecule has 0 radical (unpaired) electrons. The fourth-order valence-corrected chi connectivity index (χ4v) is 3.19. The highest BCUT2D eigenvalue weighted by atomic mass is 127. The van der Waals surface area contributed by atoms with E-state index in [1.54, 1.807) is 7.05 Å². The Morgan fingerprint density at radius 1 is 1.20 bits per heavy atom. The predicted molar refractivity (Wildman–Crippen MR) is 123 cm³/mol. The topological polar surface area (TPSA) is 68.8 Å². The van der Waals surface area contributed by atoms with Crippen molar-refractivity contribution in [2.45, 2.75) is 44.9 Å². The van der Waals surface area contributed by atoms with Gasteiger partial charge in [0.15, 0.2) is 5.96 Å². The molecule has 1 atom stereocenters. The fraction of sp³-hybridized carbons (Fsp3) is 0.600. The summed E-state index contributed by atoms with van der Waals surface area (Å²) in [5, 5.41) is 9.32. The van der Waals surface area contributed by atoms with E-state index in [4.69, 9.17) is 0 Å². The van der Waals surface area contributed by atoms with Gasteiger partial charge in [-0.15, -0.1) is 24.0 Å². The number of nitrogens with one attached hydrogen (secondary N) is 3. The molecule has 2 rings (SSSR count). The van der Waals surface area contributed by atoms with Crippen LogP contribution in [0.1, 0.15) is 37.3 Å². The third-order valence-electron chi connectivity index (χ3n) is 4.74. The normalized spacial score (nSPS) is 17.4. The highest BCUT2D eigenvalue weighted by Gasteiger charge is 2.30. The molecule has 1 amide bonds. The van der Waals surface area contributed by atoms with E-state index in [0.717, 1.165) is 43.6 Å². The van der Waals surface area contributed by atoms with Gasteiger partial charge in [0.05, 0.1) is 5.56 Å². The number of alkyl halides is 3. The molecule has 0 aliphatic carbocycles. The van der Waals surface area contributed by atoms with Crippen molar-refractivity contribution in [2.75, 3.05) is 33.2 Å². The minimum absolute atomic E-state index is 0. The standard InChI is InChI=1S/C20H30F3N5O.HI/c1-3-10-25-18(29)8-11-26-19(24-2)27-17-9-12-28(14-17)13-15-4-6-16(7-5-15)20(21,22)23;/h4-7,17H,3,8-14H2,1-2H3,(H,25,29)(H2,24,26,27);1H. The van der Waals surface area contributed by atoms with Crippen molar-refractivity contribution in [3.8, 4) is 0 Å². The van der Waals surface area contributed by atoms with E-state index >= 15 is 0 Å². The summed E-state index contributed by atoms with van der Waals surface area (Å²) in [7, 11) is 1.68. The summed E-state index contributed by atoms with van der Waals surface area (Å²) < 4.78 is 38.0. The molecule has 1 aliphatic rings. The molecule has 6 nitrogen and oxygen atoms in total. The summed E-state index contributed by atoms with van der Waals surface area (Å²) >= 11 is 0. The van der Waals surface area contributed by atoms with Gasteiger partial charge in [0.25, 0.3) is 0 Å². The SMILES string of the molecule is CCCNC(=O)CCNC(=NC)NC1CCN(Cc2ccc(C(F)(F)F)cc2)C1.I. The van der Waals surface area contributed by atoms with Crippen LogP contribution in [0, 0.1) is 0 Å². The molecule has 0 aromatic heterocycles. The molecule has 0 saturated carbocycles. The second kappa shape index (κ2) is 13.0. The van der Waals surface area contributed by atoms with Gasteiger partial charge in [0.1, 0.15) is 0 Å². The summed E-state index contributed by atoms with van der Waals surface area (Å²) in [5.74, 6) is 0.660. The van der Waals surface area contributed by atoms with Crippen molar-refractivity contribution in [1.82, 2.24) is 20.9 Å². The second-order valence-electron chi connectivity index (χ2n) is 7.16. The molecule has 1 aromatic carbocycles. The molecule has 0 bridgehead atoms. The number of benzene rings is 1. The molecule has 30 heavy (non-hydrogen) atoms. The lowest BCUT2D eigenvalue weighted by Crippen LogP contribution is -2.45. The Hall–Kier alpha value is -1.56. The van der Waals surface area contributed by atoms with E-state index in [-0.39, 0.29) is 35.9 Å². The number of hydrogen-bond donors (Lipinski definition) is 3. The van der Waals surface area contributed by atoms with Crippen LogP contribution >= 0.6 is 24.0 Å². The number of halogens is 4. The maximum atomic E-state index is 12.7. The molecule has 1 aliphatic heterocycles. The first-order valence-electron chi connectivity index (χ1n) is 9.94. The van der Waals surface area contributed by atoms with Crippen LogP contribution in [-0.4, -0.2) is 56.0 Å². The van der Waals surface area contributed by atoms with Gasteiger partial charge >= 0.3 is 6.18 Å². The number of rotatable bonds is 8. The first-order valence-corrected chi connectivity index (χ1v) is 9.94. The maximum absolute atomic E-state index is 12.7. The molecule has 1 heterocycles. The average molecular weight is 541 g/mol. The van der Waals surface area contributed by atoms with Crippen molar-refractivity contribution in [1.29, 1.82) is 0 Å². The van der Waals surface area contributed by atoms with Crippen molar-refractivity contribution < 1.29 is 18.0 Å². The van der Waals surface area contributed by atoms with E-state index in [2.05, 4.69) is 25.8 Å². The van der Waals surface area contributed by atoms with E-state index in [1.165, 1.54) is 12.1 Å². The summed E-state index contributed by atoms with van der Waals surface area (Å²) in [6.45, 7) is 5.43. The molecule has 1 aromatic rings. The van der Waals surface area contributed by atoms with Crippen molar-refractivity contribution >= 4 is 35.8 Å². The molecule has 170 valence electrons. The van der Waals surface area contributed by atoms with Gasteiger partial charge in [0.2, 0.25) is 5.91 Å². The molecule has 1 saturated heterocycles. The largest absolute Gasteiger partial charge is 0.416 e. The Morgan fingerprint density at radius 3 is 2.50 bits per heavy atom. The third kappa shape index (κ3) is 9.07. The van der Waals surface area contributed by atoms with Gasteiger partial charge in [-0.1, -0.05) is 19.1 Å². The first kappa shape index (κ1) is 26.5. The van der Waals surface area contributed by atoms with Crippen LogP contribution in [0.5, 0.6) is 0 Å². The number of nitrogens with zero attached hydrogens (tertiary/aromatic N) is 2. The zero-order valence-electron chi connectivity index (χ0n) is 17.4. The van der Waals surface area contributed by atoms with E-state index in [0.29, 0.717) is 32.0 Å². The Labute approximate surface area is 193 Å². The van der Waals surface area contributed by atoms with Gasteiger partial charge < -0.3 is 16.0 Å². The molecule has 1 unspecified atom stereocenters. The van der Waals surface area contributed by atoms with Crippen LogP contribution in [0.3, 0.4) is 0 Å². The summed E-state index contributed by atoms with van der Waals surface area (Å²) in [6, 6.07) is 5.53. The van der Waals surface area contributed by atoms with Gasteiger partial charge in [-0.05, 0) is 30.5 Å². The summed E-state index contributed by atoms with van der Waals surface area (Å²) in [5.41, 5.74) is 0.236. The first-order chi connectivity index (χ1) is 13.8. The van der Waals surface area contributed by atoms with Gasteiger partial charge in [-0.25, -0.2) is 0 Å². The number of amides is 1. The number of guanidine groups is 1. The lowest BCUT2D eigenvalue weighted by Gasteiger charge is -2.19. The van der Waals surface area contributed by atoms with Gasteiger partial charge in [-0.3, -0.25) is 14.7 Å². The van der Waals surface area contributed by atoms with Crippen molar-refractivity contribution in [2.24, 2.45) is 4.99 Å². The Bertz CT molecular complexity index is 682. The zero-order chi connectivity index (χ0) is 21.3. The van der Waals surface area contributed by atoms with Crippen LogP contribution in [-0.2, 0) is 17.5 Å².